The van der Waals surface area contributed by atoms with Gasteiger partial charge in [0.15, 0.2) is 0 Å². The van der Waals surface area contributed by atoms with E-state index in [4.69, 9.17) is 11.5 Å². The fourth-order valence-corrected chi connectivity index (χ4v) is 1.26. The minimum atomic E-state index is -0.732. The molecular weight excluding hydrogens is 172 g/mol. The molecule has 0 spiro atoms. The van der Waals surface area contributed by atoms with Crippen LogP contribution in [-0.2, 0) is 4.74 Å². The maximum Gasteiger partial charge on any atom is 0.349 e. The number of benzene rings is 1. The van der Waals surface area contributed by atoms with Gasteiger partial charge in [0.1, 0.15) is 0 Å². The molecule has 0 amide bonds. The van der Waals surface area contributed by atoms with E-state index in [0.717, 1.165) is 0 Å². The van der Waals surface area contributed by atoms with Crippen molar-refractivity contribution in [1.29, 1.82) is 0 Å². The zero-order valence-corrected chi connectivity index (χ0v) is 6.53. The molecule has 2 rings (SSSR count). The lowest BCUT2D eigenvalue weighted by atomic mass is 10.1. The molecule has 0 atom stereocenters. The zero-order valence-electron chi connectivity index (χ0n) is 6.53. The smallest absolute Gasteiger partial charge is 0.349 e. The van der Waals surface area contributed by atoms with Crippen molar-refractivity contribution in [2.24, 2.45) is 0 Å². The van der Waals surface area contributed by atoms with Crippen molar-refractivity contribution in [2.45, 2.75) is 0 Å². The van der Waals surface area contributed by atoms with Crippen LogP contribution in [0.25, 0.3) is 0 Å². The Morgan fingerprint density at radius 3 is 1.69 bits per heavy atom. The molecule has 0 aliphatic carbocycles. The first kappa shape index (κ1) is 7.60. The highest BCUT2D eigenvalue weighted by molar-refractivity contribution is 6.19. The summed E-state index contributed by atoms with van der Waals surface area (Å²) >= 11 is 0. The van der Waals surface area contributed by atoms with Gasteiger partial charge < -0.3 is 16.2 Å². The number of carbonyl (C=O) groups excluding carboxylic acids is 2. The van der Waals surface area contributed by atoms with Gasteiger partial charge in [0.2, 0.25) is 0 Å². The summed E-state index contributed by atoms with van der Waals surface area (Å²) in [7, 11) is 0. The number of esters is 2. The quantitative estimate of drug-likeness (QED) is 0.335. The largest absolute Gasteiger partial charge is 0.398 e. The van der Waals surface area contributed by atoms with E-state index in [2.05, 4.69) is 4.74 Å². The topological polar surface area (TPSA) is 95.4 Å². The highest BCUT2D eigenvalue weighted by Gasteiger charge is 2.33. The number of nitrogens with two attached hydrogens (primary N) is 2. The number of rotatable bonds is 0. The van der Waals surface area contributed by atoms with Gasteiger partial charge in [0.25, 0.3) is 0 Å². The molecule has 1 aliphatic heterocycles. The van der Waals surface area contributed by atoms with E-state index < -0.39 is 11.9 Å². The third kappa shape index (κ3) is 0.868. The van der Waals surface area contributed by atoms with Crippen LogP contribution in [0.15, 0.2) is 12.1 Å². The van der Waals surface area contributed by atoms with Crippen molar-refractivity contribution in [1.82, 2.24) is 0 Å². The first-order chi connectivity index (χ1) is 6.11. The molecule has 1 aromatic rings. The van der Waals surface area contributed by atoms with Crippen molar-refractivity contribution in [3.63, 3.8) is 0 Å². The third-order valence-electron chi connectivity index (χ3n) is 1.86. The molecule has 0 radical (unpaired) electrons. The van der Waals surface area contributed by atoms with E-state index in [0.29, 0.717) is 0 Å². The second-order valence-corrected chi connectivity index (χ2v) is 2.67. The number of cyclic esters (lactones) is 2. The molecule has 0 aromatic heterocycles. The van der Waals surface area contributed by atoms with Gasteiger partial charge in [0.05, 0.1) is 11.1 Å². The number of carbonyl (C=O) groups is 2. The van der Waals surface area contributed by atoms with E-state index in [1.807, 2.05) is 0 Å². The number of hydrogen-bond acceptors (Lipinski definition) is 5. The molecule has 13 heavy (non-hydrogen) atoms. The summed E-state index contributed by atoms with van der Waals surface area (Å²) in [6.07, 6.45) is 0. The van der Waals surface area contributed by atoms with Gasteiger partial charge in [-0.15, -0.1) is 0 Å². The summed E-state index contributed by atoms with van der Waals surface area (Å²) in [6.45, 7) is 0. The Hall–Kier alpha value is -2.04. The van der Waals surface area contributed by atoms with Gasteiger partial charge in [-0.25, -0.2) is 9.59 Å². The lowest BCUT2D eigenvalue weighted by Gasteiger charge is -2.00. The standard InChI is InChI=1S/C8H6N2O3/c9-3-1-2-4(10)6-5(3)7(11)13-8(6)12/h1-2H,9-10H2. The van der Waals surface area contributed by atoms with Crippen molar-refractivity contribution < 1.29 is 14.3 Å². The van der Waals surface area contributed by atoms with Gasteiger partial charge in [0, 0.05) is 11.4 Å². The van der Waals surface area contributed by atoms with Crippen LogP contribution in [0.4, 0.5) is 11.4 Å². The summed E-state index contributed by atoms with van der Waals surface area (Å²) in [6, 6.07) is 2.93. The van der Waals surface area contributed by atoms with E-state index in [9.17, 15) is 9.59 Å². The molecule has 1 aliphatic rings. The lowest BCUT2D eigenvalue weighted by molar-refractivity contribution is 0.0444. The minimum absolute atomic E-state index is 0.0741. The number of ether oxygens (including phenoxy) is 1. The van der Waals surface area contributed by atoms with Gasteiger partial charge in [-0.2, -0.15) is 0 Å². The minimum Gasteiger partial charge on any atom is -0.398 e. The number of hydrogen-bond donors (Lipinski definition) is 2. The molecule has 5 nitrogen and oxygen atoms in total. The van der Waals surface area contributed by atoms with Crippen molar-refractivity contribution in [3.8, 4) is 0 Å². The molecule has 5 heteroatoms. The summed E-state index contributed by atoms with van der Waals surface area (Å²) in [5.41, 5.74) is 11.5. The Labute approximate surface area is 73.3 Å². The predicted octanol–water partition coefficient (Wildman–Crippen LogP) is 0.162. The molecule has 4 N–H and O–H groups in total. The zero-order chi connectivity index (χ0) is 9.59. The SMILES string of the molecule is Nc1ccc(N)c2c1C(=O)OC2=O. The van der Waals surface area contributed by atoms with E-state index in [1.54, 1.807) is 0 Å². The fraction of sp³-hybridized carbons (Fsp3) is 0. The number of anilines is 2. The van der Waals surface area contributed by atoms with E-state index >= 15 is 0 Å². The Morgan fingerprint density at radius 2 is 1.31 bits per heavy atom. The van der Waals surface area contributed by atoms with Crippen LogP contribution < -0.4 is 11.5 Å². The Balaban J connectivity index is 2.81. The highest BCUT2D eigenvalue weighted by Crippen LogP contribution is 2.29. The van der Waals surface area contributed by atoms with E-state index in [1.165, 1.54) is 12.1 Å². The average molecular weight is 178 g/mol. The van der Waals surface area contributed by atoms with Crippen LogP contribution in [0.5, 0.6) is 0 Å². The van der Waals surface area contributed by atoms with Crippen molar-refractivity contribution >= 4 is 23.3 Å². The summed E-state index contributed by atoms with van der Waals surface area (Å²) in [5, 5.41) is 0. The normalized spacial score (nSPS) is 14.2. The summed E-state index contributed by atoms with van der Waals surface area (Å²) < 4.78 is 4.36. The van der Waals surface area contributed by atoms with Gasteiger partial charge >= 0.3 is 11.9 Å². The molecule has 0 unspecified atom stereocenters. The lowest BCUT2D eigenvalue weighted by Crippen LogP contribution is -2.02. The maximum absolute atomic E-state index is 11.1. The first-order valence-corrected chi connectivity index (χ1v) is 3.55. The molecule has 0 bridgehead atoms. The van der Waals surface area contributed by atoms with Gasteiger partial charge in [-0.3, -0.25) is 0 Å². The van der Waals surface area contributed by atoms with Crippen LogP contribution in [-0.4, -0.2) is 11.9 Å². The number of nitrogen functional groups attached to an aromatic ring is 2. The van der Waals surface area contributed by atoms with Crippen LogP contribution in [0, 0.1) is 0 Å². The van der Waals surface area contributed by atoms with Crippen LogP contribution in [0.2, 0.25) is 0 Å². The van der Waals surface area contributed by atoms with Crippen LogP contribution in [0.3, 0.4) is 0 Å². The molecule has 0 saturated carbocycles. The van der Waals surface area contributed by atoms with Gasteiger partial charge in [-0.1, -0.05) is 0 Å². The number of fused-ring (bicyclic) bond motifs is 1. The summed E-state index contributed by atoms with van der Waals surface area (Å²) in [5.74, 6) is -1.46. The molecular formula is C8H6N2O3. The Kier molecular flexibility index (Phi) is 1.30. The van der Waals surface area contributed by atoms with Crippen molar-refractivity contribution in [3.05, 3.63) is 23.3 Å². The summed E-state index contributed by atoms with van der Waals surface area (Å²) in [4.78, 5) is 22.1. The second-order valence-electron chi connectivity index (χ2n) is 2.67. The molecule has 0 fully saturated rings. The van der Waals surface area contributed by atoms with E-state index in [-0.39, 0.29) is 22.5 Å². The first-order valence-electron chi connectivity index (χ1n) is 3.55. The average Bonchev–Trinajstić information content (AvgIpc) is 2.36. The monoisotopic (exact) mass is 178 g/mol. The third-order valence-corrected chi connectivity index (χ3v) is 1.86. The second kappa shape index (κ2) is 2.22. The molecule has 66 valence electrons. The molecule has 1 aromatic carbocycles. The Bertz CT molecular complexity index is 387. The molecule has 0 saturated heterocycles. The Morgan fingerprint density at radius 1 is 0.923 bits per heavy atom. The van der Waals surface area contributed by atoms with Gasteiger partial charge in [-0.05, 0) is 12.1 Å². The maximum atomic E-state index is 11.1. The fourth-order valence-electron chi connectivity index (χ4n) is 1.26. The van der Waals surface area contributed by atoms with Crippen LogP contribution in [0.1, 0.15) is 20.7 Å². The highest BCUT2D eigenvalue weighted by atomic mass is 16.6. The molecule has 1 heterocycles. The van der Waals surface area contributed by atoms with Crippen LogP contribution >= 0.6 is 0 Å². The van der Waals surface area contributed by atoms with Crippen molar-refractivity contribution in [2.75, 3.05) is 11.5 Å². The predicted molar refractivity (Wildman–Crippen MR) is 45.0 cm³/mol.